The Morgan fingerprint density at radius 2 is 1.77 bits per heavy atom. The molecule has 0 saturated heterocycles. The van der Waals surface area contributed by atoms with E-state index in [-0.39, 0.29) is 5.97 Å². The molecular formula is C21H24N2O3. The van der Waals surface area contributed by atoms with Crippen LogP contribution in [-0.2, 0) is 16.1 Å². The molecule has 0 aliphatic heterocycles. The molecule has 0 aliphatic rings. The molecule has 26 heavy (non-hydrogen) atoms. The van der Waals surface area contributed by atoms with Crippen LogP contribution in [0.15, 0.2) is 60.8 Å². The van der Waals surface area contributed by atoms with Crippen molar-refractivity contribution in [2.45, 2.75) is 13.5 Å². The van der Waals surface area contributed by atoms with Crippen LogP contribution >= 0.6 is 0 Å². The van der Waals surface area contributed by atoms with Gasteiger partial charge in [-0.2, -0.15) is 0 Å². The highest BCUT2D eigenvalue weighted by atomic mass is 16.5. The van der Waals surface area contributed by atoms with Crippen molar-refractivity contribution in [1.29, 1.82) is 5.41 Å². The van der Waals surface area contributed by atoms with Crippen molar-refractivity contribution in [2.24, 2.45) is 0 Å². The van der Waals surface area contributed by atoms with Gasteiger partial charge in [-0.25, -0.2) is 4.79 Å². The SMILES string of the molecule is CCOC(=O)c1ccc(/C(C=N)=C/NCCOCc2ccccc2)cc1. The summed E-state index contributed by atoms with van der Waals surface area (Å²) in [6.07, 6.45) is 3.05. The Labute approximate surface area is 154 Å². The van der Waals surface area contributed by atoms with Crippen LogP contribution in [-0.4, -0.2) is 31.9 Å². The van der Waals surface area contributed by atoms with Crippen molar-refractivity contribution in [1.82, 2.24) is 5.32 Å². The van der Waals surface area contributed by atoms with E-state index < -0.39 is 0 Å². The molecule has 2 aromatic rings. The third-order valence-corrected chi connectivity index (χ3v) is 3.64. The molecule has 0 unspecified atom stereocenters. The molecular weight excluding hydrogens is 328 g/mol. The maximum absolute atomic E-state index is 11.7. The Kier molecular flexibility index (Phi) is 8.09. The highest BCUT2D eigenvalue weighted by Gasteiger charge is 2.06. The van der Waals surface area contributed by atoms with Crippen molar-refractivity contribution < 1.29 is 14.3 Å². The van der Waals surface area contributed by atoms with E-state index in [2.05, 4.69) is 5.32 Å². The van der Waals surface area contributed by atoms with Gasteiger partial charge in [0.2, 0.25) is 0 Å². The van der Waals surface area contributed by atoms with E-state index in [9.17, 15) is 4.79 Å². The van der Waals surface area contributed by atoms with E-state index in [0.717, 1.165) is 16.7 Å². The average Bonchev–Trinajstić information content (AvgIpc) is 2.69. The molecule has 0 fully saturated rings. The summed E-state index contributed by atoms with van der Waals surface area (Å²) in [5.74, 6) is -0.340. The van der Waals surface area contributed by atoms with Crippen LogP contribution < -0.4 is 5.32 Å². The first kappa shape index (κ1) is 19.4. The number of rotatable bonds is 10. The summed E-state index contributed by atoms with van der Waals surface area (Å²) >= 11 is 0. The van der Waals surface area contributed by atoms with E-state index in [0.29, 0.717) is 31.9 Å². The summed E-state index contributed by atoms with van der Waals surface area (Å²) in [5.41, 5.74) is 3.22. The minimum atomic E-state index is -0.340. The van der Waals surface area contributed by atoms with Gasteiger partial charge in [0.15, 0.2) is 0 Å². The number of allylic oxidation sites excluding steroid dienone is 1. The third kappa shape index (κ3) is 6.18. The topological polar surface area (TPSA) is 71.4 Å². The highest BCUT2D eigenvalue weighted by molar-refractivity contribution is 6.08. The van der Waals surface area contributed by atoms with Gasteiger partial charge in [0.1, 0.15) is 0 Å². The molecule has 0 amide bonds. The smallest absolute Gasteiger partial charge is 0.338 e. The number of ether oxygens (including phenoxy) is 2. The summed E-state index contributed by atoms with van der Waals surface area (Å²) < 4.78 is 10.6. The quantitative estimate of drug-likeness (QED) is 0.389. The van der Waals surface area contributed by atoms with Crippen molar-refractivity contribution >= 4 is 17.8 Å². The van der Waals surface area contributed by atoms with E-state index in [4.69, 9.17) is 14.9 Å². The first-order chi connectivity index (χ1) is 12.7. The summed E-state index contributed by atoms with van der Waals surface area (Å²) in [6, 6.07) is 17.0. The van der Waals surface area contributed by atoms with Crippen LogP contribution in [0.25, 0.3) is 5.57 Å². The molecule has 0 heterocycles. The van der Waals surface area contributed by atoms with Crippen molar-refractivity contribution in [3.8, 4) is 0 Å². The van der Waals surface area contributed by atoms with E-state index >= 15 is 0 Å². The zero-order valence-corrected chi connectivity index (χ0v) is 14.9. The monoisotopic (exact) mass is 352 g/mol. The summed E-state index contributed by atoms with van der Waals surface area (Å²) in [6.45, 7) is 3.92. The number of esters is 1. The first-order valence-corrected chi connectivity index (χ1v) is 8.58. The van der Waals surface area contributed by atoms with E-state index in [1.165, 1.54) is 6.21 Å². The van der Waals surface area contributed by atoms with Gasteiger partial charge in [0, 0.05) is 24.5 Å². The molecule has 2 N–H and O–H groups in total. The summed E-state index contributed by atoms with van der Waals surface area (Å²) in [7, 11) is 0. The van der Waals surface area contributed by atoms with Gasteiger partial charge >= 0.3 is 5.97 Å². The second kappa shape index (κ2) is 10.8. The summed E-state index contributed by atoms with van der Waals surface area (Å²) in [5, 5.41) is 10.7. The number of hydrogen-bond acceptors (Lipinski definition) is 5. The Balaban J connectivity index is 1.80. The fourth-order valence-corrected chi connectivity index (χ4v) is 2.30. The van der Waals surface area contributed by atoms with Gasteiger partial charge < -0.3 is 20.2 Å². The minimum absolute atomic E-state index is 0.340. The lowest BCUT2D eigenvalue weighted by Crippen LogP contribution is -2.14. The standard InChI is InChI=1S/C21H24N2O3/c1-2-26-21(24)19-10-8-18(9-11-19)20(14-22)15-23-12-13-25-16-17-6-4-3-5-7-17/h3-11,14-15,22-23H,2,12-13,16H2,1H3/b20-15+,22-14?. The van der Waals surface area contributed by atoms with Crippen LogP contribution in [0.1, 0.15) is 28.4 Å². The van der Waals surface area contributed by atoms with Gasteiger partial charge in [-0.15, -0.1) is 0 Å². The van der Waals surface area contributed by atoms with Gasteiger partial charge in [0.05, 0.1) is 25.4 Å². The molecule has 0 saturated carbocycles. The van der Waals surface area contributed by atoms with Crippen LogP contribution in [0.3, 0.4) is 0 Å². The molecule has 5 nitrogen and oxygen atoms in total. The van der Waals surface area contributed by atoms with Crippen LogP contribution in [0.4, 0.5) is 0 Å². The predicted octanol–water partition coefficient (Wildman–Crippen LogP) is 3.66. The molecule has 2 rings (SSSR count). The number of carbonyl (C=O) groups excluding carboxylic acids is 1. The fourth-order valence-electron chi connectivity index (χ4n) is 2.30. The molecule has 0 aliphatic carbocycles. The van der Waals surface area contributed by atoms with Crippen LogP contribution in [0, 0.1) is 5.41 Å². The number of hydrogen-bond donors (Lipinski definition) is 2. The fraction of sp³-hybridized carbons (Fsp3) is 0.238. The largest absolute Gasteiger partial charge is 0.462 e. The number of carbonyl (C=O) groups is 1. The Morgan fingerprint density at radius 3 is 2.42 bits per heavy atom. The molecule has 0 aromatic heterocycles. The highest BCUT2D eigenvalue weighted by Crippen LogP contribution is 2.13. The van der Waals surface area contributed by atoms with Crippen LogP contribution in [0.2, 0.25) is 0 Å². The predicted molar refractivity (Wildman–Crippen MR) is 103 cm³/mol. The zero-order valence-electron chi connectivity index (χ0n) is 14.9. The minimum Gasteiger partial charge on any atom is -0.462 e. The molecule has 0 radical (unpaired) electrons. The van der Waals surface area contributed by atoms with E-state index in [1.807, 2.05) is 30.3 Å². The Bertz CT molecular complexity index is 725. The second-order valence-corrected chi connectivity index (χ2v) is 5.53. The maximum atomic E-state index is 11.7. The molecule has 0 spiro atoms. The third-order valence-electron chi connectivity index (χ3n) is 3.64. The van der Waals surface area contributed by atoms with Crippen LogP contribution in [0.5, 0.6) is 0 Å². The second-order valence-electron chi connectivity index (χ2n) is 5.53. The molecule has 2 aromatic carbocycles. The molecule has 136 valence electrons. The molecule has 0 atom stereocenters. The van der Waals surface area contributed by atoms with Gasteiger partial charge in [-0.1, -0.05) is 42.5 Å². The molecule has 0 bridgehead atoms. The number of nitrogens with one attached hydrogen (secondary N) is 2. The summed E-state index contributed by atoms with van der Waals surface area (Å²) in [4.78, 5) is 11.7. The lowest BCUT2D eigenvalue weighted by Gasteiger charge is -2.07. The average molecular weight is 352 g/mol. The van der Waals surface area contributed by atoms with Crippen molar-refractivity contribution in [3.05, 3.63) is 77.5 Å². The molecule has 5 heteroatoms. The van der Waals surface area contributed by atoms with E-state index in [1.54, 1.807) is 37.4 Å². The lowest BCUT2D eigenvalue weighted by molar-refractivity contribution is 0.0526. The maximum Gasteiger partial charge on any atom is 0.338 e. The normalized spacial score (nSPS) is 11.0. The Morgan fingerprint density at radius 1 is 1.08 bits per heavy atom. The van der Waals surface area contributed by atoms with Gasteiger partial charge in [0.25, 0.3) is 0 Å². The Hall–Kier alpha value is -2.92. The van der Waals surface area contributed by atoms with Crippen molar-refractivity contribution in [2.75, 3.05) is 19.8 Å². The lowest BCUT2D eigenvalue weighted by atomic mass is 10.1. The van der Waals surface area contributed by atoms with Crippen molar-refractivity contribution in [3.63, 3.8) is 0 Å². The first-order valence-electron chi connectivity index (χ1n) is 8.58. The number of benzene rings is 2. The zero-order chi connectivity index (χ0) is 18.6. The van der Waals surface area contributed by atoms with Gasteiger partial charge in [-0.3, -0.25) is 0 Å². The van der Waals surface area contributed by atoms with Gasteiger partial charge in [-0.05, 0) is 30.2 Å².